The Labute approximate surface area is 283 Å². The lowest BCUT2D eigenvalue weighted by atomic mass is 9.95. The first-order valence-corrected chi connectivity index (χ1v) is 16.5. The van der Waals surface area contributed by atoms with E-state index in [1.54, 1.807) is 42.5 Å². The molecule has 48 heavy (non-hydrogen) atoms. The van der Waals surface area contributed by atoms with Gasteiger partial charge in [0.1, 0.15) is 12.1 Å². The molecular formula is C36H41FN4O6S. The highest BCUT2D eigenvalue weighted by molar-refractivity contribution is 7.14. The van der Waals surface area contributed by atoms with Gasteiger partial charge in [0.2, 0.25) is 5.91 Å². The predicted octanol–water partition coefficient (Wildman–Crippen LogP) is 6.43. The van der Waals surface area contributed by atoms with Crippen LogP contribution in [-0.4, -0.2) is 58.7 Å². The number of aliphatic carboxylic acids is 1. The van der Waals surface area contributed by atoms with Gasteiger partial charge in [0, 0.05) is 40.4 Å². The maximum Gasteiger partial charge on any atom is 0.325 e. The van der Waals surface area contributed by atoms with E-state index in [-0.39, 0.29) is 23.1 Å². The monoisotopic (exact) mass is 676 g/mol. The van der Waals surface area contributed by atoms with Crippen LogP contribution < -0.4 is 20.1 Å². The Bertz CT molecular complexity index is 1730. The molecule has 0 unspecified atom stereocenters. The Kier molecular flexibility index (Phi) is 11.9. The summed E-state index contributed by atoms with van der Waals surface area (Å²) in [6, 6.07) is 11.8. The number of carboxylic acid groups (broad SMARTS) is 1. The number of hydrogen-bond donors (Lipinski definition) is 3. The third-order valence-corrected chi connectivity index (χ3v) is 9.07. The topological polar surface area (TPSA) is 140 Å². The number of rotatable bonds is 14. The van der Waals surface area contributed by atoms with E-state index in [9.17, 15) is 19.5 Å². The quantitative estimate of drug-likeness (QED) is 0.130. The van der Waals surface area contributed by atoms with E-state index in [4.69, 9.17) is 9.47 Å². The molecule has 2 amide bonds. The van der Waals surface area contributed by atoms with Gasteiger partial charge in [0.25, 0.3) is 5.91 Å². The van der Waals surface area contributed by atoms with Crippen LogP contribution in [0.4, 0.5) is 4.39 Å². The van der Waals surface area contributed by atoms with E-state index in [0.29, 0.717) is 34.2 Å². The van der Waals surface area contributed by atoms with Gasteiger partial charge in [0.15, 0.2) is 23.1 Å². The van der Waals surface area contributed by atoms with Crippen LogP contribution in [0.2, 0.25) is 0 Å². The first kappa shape index (κ1) is 36.0. The molecule has 3 N–H and O–H groups in total. The Balaban J connectivity index is 1.51. The van der Waals surface area contributed by atoms with Crippen molar-refractivity contribution in [2.45, 2.75) is 71.4 Å². The summed E-state index contributed by atoms with van der Waals surface area (Å²) in [4.78, 5) is 48.1. The fourth-order valence-corrected chi connectivity index (χ4v) is 5.66. The Morgan fingerprint density at radius 1 is 0.979 bits per heavy atom. The van der Waals surface area contributed by atoms with Gasteiger partial charge in [-0.25, -0.2) is 14.4 Å². The second kappa shape index (κ2) is 15.8. The molecule has 12 heteroatoms. The number of amides is 2. The van der Waals surface area contributed by atoms with Crippen LogP contribution in [0, 0.1) is 5.82 Å². The molecule has 0 saturated heterocycles. The first-order valence-electron chi connectivity index (χ1n) is 15.7. The molecule has 2 heterocycles. The number of hydrogen-bond acceptors (Lipinski definition) is 8. The van der Waals surface area contributed by atoms with E-state index in [1.807, 2.05) is 33.8 Å². The summed E-state index contributed by atoms with van der Waals surface area (Å²) in [5.41, 5.74) is 2.01. The number of carbonyl (C=O) groups is 3. The molecule has 2 atom stereocenters. The first-order chi connectivity index (χ1) is 22.8. The molecule has 0 fully saturated rings. The van der Waals surface area contributed by atoms with Crippen LogP contribution in [0.15, 0.2) is 60.9 Å². The lowest BCUT2D eigenvalue weighted by Gasteiger charge is -2.20. The molecular weight excluding hydrogens is 635 g/mol. The van der Waals surface area contributed by atoms with Crippen molar-refractivity contribution in [2.24, 2.45) is 0 Å². The number of aromatic nitrogens is 2. The fraction of sp³-hybridized carbons (Fsp3) is 0.361. The van der Waals surface area contributed by atoms with Crippen LogP contribution in [-0.2, 0) is 21.4 Å². The van der Waals surface area contributed by atoms with Gasteiger partial charge >= 0.3 is 5.97 Å². The van der Waals surface area contributed by atoms with Crippen LogP contribution in [0.25, 0.3) is 22.5 Å². The van der Waals surface area contributed by atoms with Crippen molar-refractivity contribution in [1.82, 2.24) is 20.6 Å². The summed E-state index contributed by atoms with van der Waals surface area (Å²) >= 11 is 1.35. The third-order valence-electron chi connectivity index (χ3n) is 7.56. The highest BCUT2D eigenvalue weighted by atomic mass is 32.1. The normalized spacial score (nSPS) is 12.6. The minimum atomic E-state index is -1.19. The number of halogens is 1. The Morgan fingerprint density at radius 3 is 2.25 bits per heavy atom. The zero-order chi connectivity index (χ0) is 35.0. The number of carboxylic acids is 1. The summed E-state index contributed by atoms with van der Waals surface area (Å²) in [6.45, 7) is 9.90. The van der Waals surface area contributed by atoms with Crippen molar-refractivity contribution in [3.05, 3.63) is 82.1 Å². The summed E-state index contributed by atoms with van der Waals surface area (Å²) in [5.74, 6) is -2.01. The molecule has 0 saturated carbocycles. The van der Waals surface area contributed by atoms with E-state index in [1.165, 1.54) is 37.8 Å². The van der Waals surface area contributed by atoms with Gasteiger partial charge in [-0.3, -0.25) is 14.4 Å². The van der Waals surface area contributed by atoms with Crippen molar-refractivity contribution in [2.75, 3.05) is 13.7 Å². The number of methoxy groups -OCH3 is 1. The van der Waals surface area contributed by atoms with E-state index < -0.39 is 35.7 Å². The molecule has 0 spiro atoms. The highest BCUT2D eigenvalue weighted by Crippen LogP contribution is 2.37. The summed E-state index contributed by atoms with van der Waals surface area (Å²) in [5, 5.41) is 14.5. The maximum absolute atomic E-state index is 15.5. The number of nitrogens with one attached hydrogen (secondary N) is 2. The lowest BCUT2D eigenvalue weighted by molar-refractivity contribution is -0.141. The molecule has 254 valence electrons. The zero-order valence-electron chi connectivity index (χ0n) is 27.9. The van der Waals surface area contributed by atoms with Gasteiger partial charge < -0.3 is 25.2 Å². The van der Waals surface area contributed by atoms with Gasteiger partial charge in [-0.1, -0.05) is 58.4 Å². The largest absolute Gasteiger partial charge is 0.493 e. The standard InChI is InChI=1S/C36H41FN4O6S/c1-7-8-17-47-31-27(46-6)14-13-25(30(31)37)24-19-38-32(39-20-24)23-11-9-22(10-12-23)18-26(33(42)40-21(2)35(44)45)41-34(43)28-15-16-29(48-28)36(3,4)5/h9-16,19-21,26H,7-8,17-18H2,1-6H3,(H,40,42)(H,41,43)(H,44,45)/t21-,26+/m1/s1. The van der Waals surface area contributed by atoms with Crippen molar-refractivity contribution in [3.63, 3.8) is 0 Å². The number of ether oxygens (including phenoxy) is 2. The van der Waals surface area contributed by atoms with Gasteiger partial charge in [0.05, 0.1) is 18.6 Å². The third kappa shape index (κ3) is 8.94. The minimum Gasteiger partial charge on any atom is -0.493 e. The number of nitrogens with zero attached hydrogens (tertiary/aromatic N) is 2. The van der Waals surface area contributed by atoms with Gasteiger partial charge in [-0.05, 0) is 48.6 Å². The maximum atomic E-state index is 15.5. The Hall–Kier alpha value is -4.84. The second-order valence-corrected chi connectivity index (χ2v) is 13.4. The number of benzene rings is 2. The van der Waals surface area contributed by atoms with Crippen molar-refractivity contribution in [3.8, 4) is 34.0 Å². The van der Waals surface area contributed by atoms with Crippen LogP contribution >= 0.6 is 11.3 Å². The van der Waals surface area contributed by atoms with E-state index in [2.05, 4.69) is 20.6 Å². The summed E-state index contributed by atoms with van der Waals surface area (Å²) < 4.78 is 26.4. The summed E-state index contributed by atoms with van der Waals surface area (Å²) in [6.07, 6.45) is 4.87. The number of unbranched alkanes of at least 4 members (excludes halogenated alkanes) is 1. The van der Waals surface area contributed by atoms with Crippen molar-refractivity contribution >= 4 is 29.1 Å². The van der Waals surface area contributed by atoms with Gasteiger partial charge in [-0.15, -0.1) is 11.3 Å². The molecule has 4 aromatic rings. The molecule has 0 aliphatic heterocycles. The number of carbonyl (C=O) groups excluding carboxylic acids is 2. The van der Waals surface area contributed by atoms with Crippen molar-refractivity contribution in [1.29, 1.82) is 0 Å². The molecule has 0 radical (unpaired) electrons. The van der Waals surface area contributed by atoms with Crippen LogP contribution in [0.3, 0.4) is 0 Å². The fourth-order valence-electron chi connectivity index (χ4n) is 4.69. The van der Waals surface area contributed by atoms with Crippen LogP contribution in [0.5, 0.6) is 11.5 Å². The number of thiophene rings is 1. The molecule has 2 aromatic carbocycles. The van der Waals surface area contributed by atoms with E-state index in [0.717, 1.165) is 23.3 Å². The molecule has 0 bridgehead atoms. The lowest BCUT2D eigenvalue weighted by Crippen LogP contribution is -2.51. The average Bonchev–Trinajstić information content (AvgIpc) is 3.57. The molecule has 0 aliphatic rings. The van der Waals surface area contributed by atoms with Crippen LogP contribution in [0.1, 0.15) is 67.6 Å². The molecule has 10 nitrogen and oxygen atoms in total. The molecule has 2 aromatic heterocycles. The second-order valence-electron chi connectivity index (χ2n) is 12.4. The zero-order valence-corrected chi connectivity index (χ0v) is 28.7. The predicted molar refractivity (Wildman–Crippen MR) is 183 cm³/mol. The van der Waals surface area contributed by atoms with Crippen molar-refractivity contribution < 1.29 is 33.4 Å². The minimum absolute atomic E-state index is 0.0498. The Morgan fingerprint density at radius 2 is 1.67 bits per heavy atom. The average molecular weight is 677 g/mol. The molecule has 0 aliphatic carbocycles. The summed E-state index contributed by atoms with van der Waals surface area (Å²) in [7, 11) is 1.46. The smallest absolute Gasteiger partial charge is 0.325 e. The SMILES string of the molecule is CCCCOc1c(OC)ccc(-c2cnc(-c3ccc(C[C@H](NC(=O)c4ccc(C(C)(C)C)s4)C(=O)N[C@H](C)C(=O)O)cc3)nc2)c1F. The molecule has 4 rings (SSSR count). The van der Waals surface area contributed by atoms with Gasteiger partial charge in [-0.2, -0.15) is 0 Å². The van der Waals surface area contributed by atoms with E-state index >= 15 is 4.39 Å². The highest BCUT2D eigenvalue weighted by Gasteiger charge is 2.27.